The molecule has 0 spiro atoms. The molecule has 118 valence electrons. The van der Waals surface area contributed by atoms with Crippen molar-refractivity contribution in [2.75, 3.05) is 32.7 Å². The van der Waals surface area contributed by atoms with Gasteiger partial charge in [-0.15, -0.1) is 0 Å². The molecule has 1 heterocycles. The quantitative estimate of drug-likeness (QED) is 0.680. The predicted octanol–water partition coefficient (Wildman–Crippen LogP) is 2.00. The van der Waals surface area contributed by atoms with E-state index in [1.807, 2.05) is 0 Å². The SMILES string of the molecule is CCCNC(=O)CCNC(C)C1CCCN(CCC)C1. The van der Waals surface area contributed by atoms with E-state index in [1.54, 1.807) is 0 Å². The zero-order chi connectivity index (χ0) is 14.8. The van der Waals surface area contributed by atoms with Crippen LogP contribution in [-0.4, -0.2) is 49.6 Å². The van der Waals surface area contributed by atoms with Crippen molar-refractivity contribution in [1.82, 2.24) is 15.5 Å². The molecule has 1 saturated heterocycles. The van der Waals surface area contributed by atoms with Gasteiger partial charge in [-0.05, 0) is 51.6 Å². The van der Waals surface area contributed by atoms with E-state index in [0.29, 0.717) is 12.5 Å². The molecule has 20 heavy (non-hydrogen) atoms. The second kappa shape index (κ2) is 10.2. The van der Waals surface area contributed by atoms with E-state index >= 15 is 0 Å². The maximum atomic E-state index is 11.5. The fourth-order valence-electron chi connectivity index (χ4n) is 2.95. The molecule has 2 unspecified atom stereocenters. The van der Waals surface area contributed by atoms with Crippen molar-refractivity contribution in [3.05, 3.63) is 0 Å². The minimum absolute atomic E-state index is 0.169. The molecule has 2 atom stereocenters. The van der Waals surface area contributed by atoms with E-state index in [-0.39, 0.29) is 5.91 Å². The molecule has 0 aliphatic carbocycles. The van der Waals surface area contributed by atoms with Gasteiger partial charge in [0, 0.05) is 32.1 Å². The number of hydrogen-bond acceptors (Lipinski definition) is 3. The topological polar surface area (TPSA) is 44.4 Å². The first-order chi connectivity index (χ1) is 9.67. The van der Waals surface area contributed by atoms with Gasteiger partial charge >= 0.3 is 0 Å². The highest BCUT2D eigenvalue weighted by atomic mass is 16.1. The highest BCUT2D eigenvalue weighted by Gasteiger charge is 2.23. The summed E-state index contributed by atoms with van der Waals surface area (Å²) in [5, 5.41) is 6.46. The monoisotopic (exact) mass is 283 g/mol. The third kappa shape index (κ3) is 6.71. The zero-order valence-corrected chi connectivity index (χ0v) is 13.6. The van der Waals surface area contributed by atoms with Crippen LogP contribution in [0, 0.1) is 5.92 Å². The van der Waals surface area contributed by atoms with E-state index in [1.165, 1.54) is 38.9 Å². The van der Waals surface area contributed by atoms with Crippen LogP contribution < -0.4 is 10.6 Å². The highest BCUT2D eigenvalue weighted by Crippen LogP contribution is 2.19. The number of piperidine rings is 1. The Bertz CT molecular complexity index is 268. The lowest BCUT2D eigenvalue weighted by atomic mass is 9.91. The molecule has 2 N–H and O–H groups in total. The summed E-state index contributed by atoms with van der Waals surface area (Å²) in [6.07, 6.45) is 5.47. The fraction of sp³-hybridized carbons (Fsp3) is 0.938. The van der Waals surface area contributed by atoms with Crippen molar-refractivity contribution in [1.29, 1.82) is 0 Å². The molecule has 1 rings (SSSR count). The molecule has 0 aromatic rings. The Balaban J connectivity index is 2.18. The van der Waals surface area contributed by atoms with Crippen molar-refractivity contribution in [3.8, 4) is 0 Å². The molecule has 1 aliphatic rings. The highest BCUT2D eigenvalue weighted by molar-refractivity contribution is 5.75. The van der Waals surface area contributed by atoms with E-state index < -0.39 is 0 Å². The Kier molecular flexibility index (Phi) is 8.86. The minimum Gasteiger partial charge on any atom is -0.356 e. The van der Waals surface area contributed by atoms with E-state index in [9.17, 15) is 4.79 Å². The average Bonchev–Trinajstić information content (AvgIpc) is 2.45. The van der Waals surface area contributed by atoms with Crippen LogP contribution in [0.1, 0.15) is 52.9 Å². The normalized spacial score (nSPS) is 21.6. The summed E-state index contributed by atoms with van der Waals surface area (Å²) in [7, 11) is 0. The van der Waals surface area contributed by atoms with Crippen molar-refractivity contribution in [2.24, 2.45) is 5.92 Å². The van der Waals surface area contributed by atoms with Crippen molar-refractivity contribution < 1.29 is 4.79 Å². The summed E-state index contributed by atoms with van der Waals surface area (Å²) < 4.78 is 0. The molecule has 1 aliphatic heterocycles. The second-order valence-electron chi connectivity index (χ2n) is 6.05. The zero-order valence-electron chi connectivity index (χ0n) is 13.6. The Morgan fingerprint density at radius 1 is 1.30 bits per heavy atom. The van der Waals surface area contributed by atoms with Crippen LogP contribution in [0.25, 0.3) is 0 Å². The number of carbonyl (C=O) groups excluding carboxylic acids is 1. The second-order valence-corrected chi connectivity index (χ2v) is 6.05. The first-order valence-corrected chi connectivity index (χ1v) is 8.39. The van der Waals surface area contributed by atoms with Gasteiger partial charge in [0.1, 0.15) is 0 Å². The van der Waals surface area contributed by atoms with Crippen LogP contribution in [0.15, 0.2) is 0 Å². The molecular formula is C16H33N3O. The predicted molar refractivity (Wildman–Crippen MR) is 84.8 cm³/mol. The lowest BCUT2D eigenvalue weighted by Crippen LogP contribution is -2.45. The molecule has 1 fully saturated rings. The number of likely N-dealkylation sites (tertiary alicyclic amines) is 1. The summed E-state index contributed by atoms with van der Waals surface area (Å²) in [6, 6.07) is 0.508. The Hall–Kier alpha value is -0.610. The van der Waals surface area contributed by atoms with Gasteiger partial charge in [0.25, 0.3) is 0 Å². The number of carbonyl (C=O) groups is 1. The molecule has 0 radical (unpaired) electrons. The summed E-state index contributed by atoms with van der Waals surface area (Å²) in [6.45, 7) is 11.9. The Labute approximate surface area is 124 Å². The number of rotatable bonds is 9. The lowest BCUT2D eigenvalue weighted by Gasteiger charge is -2.36. The van der Waals surface area contributed by atoms with Crippen LogP contribution in [0.4, 0.5) is 0 Å². The lowest BCUT2D eigenvalue weighted by molar-refractivity contribution is -0.121. The van der Waals surface area contributed by atoms with Gasteiger partial charge in [-0.3, -0.25) is 4.79 Å². The van der Waals surface area contributed by atoms with Gasteiger partial charge in [0.05, 0.1) is 0 Å². The van der Waals surface area contributed by atoms with Gasteiger partial charge < -0.3 is 15.5 Å². The Morgan fingerprint density at radius 3 is 2.80 bits per heavy atom. The maximum Gasteiger partial charge on any atom is 0.221 e. The van der Waals surface area contributed by atoms with E-state index in [4.69, 9.17) is 0 Å². The molecule has 0 saturated carbocycles. The number of amides is 1. The third-order valence-electron chi connectivity index (χ3n) is 4.18. The van der Waals surface area contributed by atoms with Crippen LogP contribution >= 0.6 is 0 Å². The molecule has 4 heteroatoms. The van der Waals surface area contributed by atoms with Gasteiger partial charge in [-0.25, -0.2) is 0 Å². The molecule has 0 aromatic carbocycles. The summed E-state index contributed by atoms with van der Waals surface area (Å²) >= 11 is 0. The van der Waals surface area contributed by atoms with Crippen LogP contribution in [0.3, 0.4) is 0 Å². The largest absolute Gasteiger partial charge is 0.356 e. The van der Waals surface area contributed by atoms with Crippen LogP contribution in [0.5, 0.6) is 0 Å². The number of nitrogens with one attached hydrogen (secondary N) is 2. The van der Waals surface area contributed by atoms with Gasteiger partial charge in [-0.1, -0.05) is 13.8 Å². The van der Waals surface area contributed by atoms with Crippen LogP contribution in [-0.2, 0) is 4.79 Å². The summed E-state index contributed by atoms with van der Waals surface area (Å²) in [5.41, 5.74) is 0. The van der Waals surface area contributed by atoms with Crippen molar-refractivity contribution in [2.45, 2.75) is 58.9 Å². The molecule has 4 nitrogen and oxygen atoms in total. The number of hydrogen-bond donors (Lipinski definition) is 2. The van der Waals surface area contributed by atoms with Gasteiger partial charge in [0.2, 0.25) is 5.91 Å². The summed E-state index contributed by atoms with van der Waals surface area (Å²) in [4.78, 5) is 14.1. The smallest absolute Gasteiger partial charge is 0.221 e. The number of nitrogens with zero attached hydrogens (tertiary/aromatic N) is 1. The first-order valence-electron chi connectivity index (χ1n) is 8.39. The fourth-order valence-corrected chi connectivity index (χ4v) is 2.95. The Morgan fingerprint density at radius 2 is 2.10 bits per heavy atom. The van der Waals surface area contributed by atoms with Crippen molar-refractivity contribution >= 4 is 5.91 Å². The molecule has 0 bridgehead atoms. The van der Waals surface area contributed by atoms with Gasteiger partial charge in [-0.2, -0.15) is 0 Å². The van der Waals surface area contributed by atoms with Crippen LogP contribution in [0.2, 0.25) is 0 Å². The molecule has 0 aromatic heterocycles. The third-order valence-corrected chi connectivity index (χ3v) is 4.18. The average molecular weight is 283 g/mol. The summed E-state index contributed by atoms with van der Waals surface area (Å²) in [5.74, 6) is 0.900. The minimum atomic E-state index is 0.169. The molecule has 1 amide bonds. The first kappa shape index (κ1) is 17.4. The van der Waals surface area contributed by atoms with E-state index in [2.05, 4.69) is 36.3 Å². The van der Waals surface area contributed by atoms with E-state index in [0.717, 1.165) is 25.4 Å². The maximum absolute atomic E-state index is 11.5. The van der Waals surface area contributed by atoms with Gasteiger partial charge in [0.15, 0.2) is 0 Å². The van der Waals surface area contributed by atoms with Crippen molar-refractivity contribution in [3.63, 3.8) is 0 Å². The molecular weight excluding hydrogens is 250 g/mol. The standard InChI is InChI=1S/C16H33N3O/c1-4-9-18-16(20)8-10-17-14(3)15-7-6-12-19(13-15)11-5-2/h14-15,17H,4-13H2,1-3H3,(H,18,20).